The summed E-state index contributed by atoms with van der Waals surface area (Å²) in [5.41, 5.74) is 5.69. The molecule has 3 aliphatic carbocycles. The molecule has 0 aromatic heterocycles. The van der Waals surface area contributed by atoms with Crippen molar-refractivity contribution < 1.29 is 28.4 Å². The van der Waals surface area contributed by atoms with Gasteiger partial charge in [-0.05, 0) is 74.9 Å². The van der Waals surface area contributed by atoms with Crippen LogP contribution in [0, 0.1) is 0 Å². The lowest BCUT2D eigenvalue weighted by molar-refractivity contribution is -0.123. The number of ether oxygens (including phenoxy) is 6. The maximum absolute atomic E-state index is 6.21. The van der Waals surface area contributed by atoms with Crippen molar-refractivity contribution in [2.75, 3.05) is 42.7 Å². The molecule has 60 heavy (non-hydrogen) atoms. The van der Waals surface area contributed by atoms with E-state index in [9.17, 15) is 0 Å². The van der Waals surface area contributed by atoms with E-state index in [-0.39, 0.29) is 36.5 Å². The Labute approximate surface area is 354 Å². The van der Waals surface area contributed by atoms with Gasteiger partial charge in [-0.3, -0.25) is 29.8 Å². The number of hydrogen-bond acceptors (Lipinski definition) is 12. The van der Waals surface area contributed by atoms with Gasteiger partial charge in [0.25, 0.3) is 0 Å². The highest BCUT2D eigenvalue weighted by molar-refractivity contribution is 5.91. The van der Waals surface area contributed by atoms with Crippen LogP contribution in [-0.2, 0) is 0 Å². The zero-order valence-corrected chi connectivity index (χ0v) is 36.0. The predicted molar refractivity (Wildman–Crippen MR) is 236 cm³/mol. The van der Waals surface area contributed by atoms with E-state index in [2.05, 4.69) is 34.1 Å². The molecule has 10 bridgehead atoms. The Morgan fingerprint density at radius 3 is 0.933 bits per heavy atom. The third kappa shape index (κ3) is 7.33. The van der Waals surface area contributed by atoms with Crippen LogP contribution >= 0.6 is 0 Å². The molecular weight excluding hydrogens is 757 g/mol. The van der Waals surface area contributed by atoms with Crippen LogP contribution in [0.5, 0.6) is 34.5 Å². The van der Waals surface area contributed by atoms with Crippen molar-refractivity contribution in [1.82, 2.24) is 9.80 Å². The molecule has 11 aliphatic heterocycles. The zero-order chi connectivity index (χ0) is 41.3. The van der Waals surface area contributed by atoms with Gasteiger partial charge >= 0.3 is 0 Å². The summed E-state index contributed by atoms with van der Waals surface area (Å²) in [6.45, 7) is 0. The Kier molecular flexibility index (Phi) is 11.9. The molecule has 0 spiro atoms. The highest BCUT2D eigenvalue weighted by Crippen LogP contribution is 2.63. The molecule has 0 radical (unpaired) electrons. The minimum absolute atomic E-state index is 0.0281. The molecule has 3 saturated heterocycles. The topological polar surface area (TPSA) is 111 Å². The first kappa shape index (κ1) is 40.5. The van der Waals surface area contributed by atoms with E-state index in [0.29, 0.717) is 23.6 Å². The lowest BCUT2D eigenvalue weighted by Crippen LogP contribution is -2.52. The van der Waals surface area contributed by atoms with Gasteiger partial charge in [0, 0.05) is 70.3 Å². The minimum atomic E-state index is 0.0281. The first-order valence-electron chi connectivity index (χ1n) is 21.9. The summed E-state index contributed by atoms with van der Waals surface area (Å²) in [5.74, 6) is 4.64. The molecule has 3 saturated carbocycles. The molecule has 0 N–H and O–H groups in total. The van der Waals surface area contributed by atoms with Crippen LogP contribution in [0.2, 0.25) is 0 Å². The first-order valence-corrected chi connectivity index (χ1v) is 21.9. The summed E-state index contributed by atoms with van der Waals surface area (Å²) in [6.07, 6.45) is 20.9. The van der Waals surface area contributed by atoms with Gasteiger partial charge in [0.15, 0.2) is 0 Å². The van der Waals surface area contributed by atoms with Crippen molar-refractivity contribution >= 4 is 24.9 Å². The number of methoxy groups -OCH3 is 6. The average molecular weight is 817 g/mol. The lowest BCUT2D eigenvalue weighted by Gasteiger charge is -2.52. The standard InChI is InChI=1S/C48H60N6O6/c1-55-41-19-30-26-50-36-14-8-10-16-38(36)52-28-32-22-46(60-6)34(24-44(32)58-4)48-53-39-17-11-12-18-40(39)54(48)47(53)33-23-43(57-3)31(21-45(33)59-5)27-51-37-15-9-7-13-35(37)49-25-29(41)20-42(30)56-2/h19-28,35-40,47-48H,7-18H2,1-6H3/t35-,36-,37-,38-,39-,40-,47?,48?/m1/s1. The van der Waals surface area contributed by atoms with Crippen molar-refractivity contribution in [3.05, 3.63) is 69.8 Å². The normalized spacial score (nSPS) is 30.4. The number of hydrogen-bond donors (Lipinski definition) is 0. The molecule has 3 aromatic rings. The van der Waals surface area contributed by atoms with Crippen molar-refractivity contribution in [2.24, 2.45) is 20.0 Å². The fourth-order valence-electron chi connectivity index (χ4n) is 10.9. The van der Waals surface area contributed by atoms with Gasteiger partial charge in [-0.2, -0.15) is 0 Å². The summed E-state index contributed by atoms with van der Waals surface area (Å²) in [5, 5.41) is 0. The molecule has 0 unspecified atom stereocenters. The van der Waals surface area contributed by atoms with Gasteiger partial charge in [0.05, 0.1) is 79.2 Å². The van der Waals surface area contributed by atoms with Gasteiger partial charge in [0.2, 0.25) is 0 Å². The summed E-state index contributed by atoms with van der Waals surface area (Å²) in [6, 6.07) is 13.5. The van der Waals surface area contributed by atoms with E-state index in [1.807, 2.05) is 37.0 Å². The summed E-state index contributed by atoms with van der Waals surface area (Å²) < 4.78 is 36.5. The van der Waals surface area contributed by atoms with Gasteiger partial charge in [-0.15, -0.1) is 0 Å². The van der Waals surface area contributed by atoms with Crippen LogP contribution in [0.4, 0.5) is 0 Å². The molecule has 17 rings (SSSR count). The molecule has 14 aliphatic rings. The maximum Gasteiger partial charge on any atom is 0.128 e. The van der Waals surface area contributed by atoms with Crippen LogP contribution < -0.4 is 28.4 Å². The molecule has 6 atom stereocenters. The number of aliphatic imine (C=N–C) groups is 4. The van der Waals surface area contributed by atoms with Crippen LogP contribution in [0.15, 0.2) is 56.4 Å². The highest BCUT2D eigenvalue weighted by Gasteiger charge is 2.64. The summed E-state index contributed by atoms with van der Waals surface area (Å²) >= 11 is 0. The van der Waals surface area contributed by atoms with Gasteiger partial charge in [-0.25, -0.2) is 0 Å². The molecule has 318 valence electrons. The Hall–Kier alpha value is -4.94. The fourth-order valence-corrected chi connectivity index (χ4v) is 10.9. The monoisotopic (exact) mass is 816 g/mol. The molecule has 11 heterocycles. The Morgan fingerprint density at radius 1 is 0.367 bits per heavy atom. The second-order valence-corrected chi connectivity index (χ2v) is 17.0. The number of nitrogens with zero attached hydrogens (tertiary/aromatic N) is 6. The second kappa shape index (κ2) is 17.6. The second-order valence-electron chi connectivity index (χ2n) is 17.0. The molecule has 6 fully saturated rings. The Balaban J connectivity index is 1.17. The predicted octanol–water partition coefficient (Wildman–Crippen LogP) is 8.39. The van der Waals surface area contributed by atoms with Gasteiger partial charge in [0.1, 0.15) is 34.5 Å². The SMILES string of the molecule is COc1cc2c(OC)cc1C=N[C@@H]1CCCC[C@H]1N=Cc1cc(OC)c(cc1OC)C1N3C(c4cc(OC)c(cc4OC)C=N[C@@H]4CCCC[C@H]4N=C2)N1[C@@H]1CCCC[C@H]13. The third-order valence-electron chi connectivity index (χ3n) is 13.9. The minimum Gasteiger partial charge on any atom is -0.496 e. The van der Waals surface area contributed by atoms with E-state index in [4.69, 9.17) is 48.4 Å². The molecule has 12 nitrogen and oxygen atoms in total. The number of rotatable bonds is 6. The fraction of sp³-hybridized carbons (Fsp3) is 0.542. The summed E-state index contributed by atoms with van der Waals surface area (Å²) in [7, 11) is 10.4. The molecule has 3 aromatic carbocycles. The Bertz CT molecular complexity index is 2010. The van der Waals surface area contributed by atoms with Crippen molar-refractivity contribution in [3.8, 4) is 34.5 Å². The van der Waals surface area contributed by atoms with Crippen molar-refractivity contribution in [2.45, 2.75) is 126 Å². The van der Waals surface area contributed by atoms with Crippen molar-refractivity contribution in [3.63, 3.8) is 0 Å². The zero-order valence-electron chi connectivity index (χ0n) is 36.0. The quantitative estimate of drug-likeness (QED) is 0.244. The van der Waals surface area contributed by atoms with Crippen LogP contribution in [0.1, 0.15) is 123 Å². The van der Waals surface area contributed by atoms with E-state index in [0.717, 1.165) is 121 Å². The van der Waals surface area contributed by atoms with E-state index >= 15 is 0 Å². The number of benzene rings is 3. The maximum atomic E-state index is 6.21. The third-order valence-corrected chi connectivity index (χ3v) is 13.9. The van der Waals surface area contributed by atoms with Crippen LogP contribution in [0.3, 0.4) is 0 Å². The van der Waals surface area contributed by atoms with E-state index < -0.39 is 0 Å². The smallest absolute Gasteiger partial charge is 0.128 e. The molecule has 0 amide bonds. The Morgan fingerprint density at radius 2 is 0.633 bits per heavy atom. The average Bonchev–Trinajstić information content (AvgIpc) is 3.81. The summed E-state index contributed by atoms with van der Waals surface area (Å²) in [4.78, 5) is 26.1. The highest BCUT2D eigenvalue weighted by atomic mass is 16.5. The molecule has 12 heteroatoms. The van der Waals surface area contributed by atoms with E-state index in [1.165, 1.54) is 12.8 Å². The van der Waals surface area contributed by atoms with E-state index in [1.54, 1.807) is 42.7 Å². The van der Waals surface area contributed by atoms with Gasteiger partial charge < -0.3 is 28.4 Å². The van der Waals surface area contributed by atoms with Crippen LogP contribution in [0.25, 0.3) is 0 Å². The van der Waals surface area contributed by atoms with Gasteiger partial charge in [-0.1, -0.05) is 38.5 Å². The first-order chi connectivity index (χ1) is 29.5. The molecular formula is C48H60N6O6. The lowest BCUT2D eigenvalue weighted by atomic mass is 9.91. The van der Waals surface area contributed by atoms with Crippen LogP contribution in [-0.4, -0.2) is 114 Å². The largest absolute Gasteiger partial charge is 0.496 e. The van der Waals surface area contributed by atoms with Crippen molar-refractivity contribution in [1.29, 1.82) is 0 Å².